The van der Waals surface area contributed by atoms with Crippen molar-refractivity contribution in [3.63, 3.8) is 0 Å². The SMILES string of the molecule is COC(=O)CC=Cc1ccc2c(c1)NC(=O)C2=O. The van der Waals surface area contributed by atoms with Gasteiger partial charge in [-0.15, -0.1) is 0 Å². The van der Waals surface area contributed by atoms with Gasteiger partial charge >= 0.3 is 5.97 Å². The summed E-state index contributed by atoms with van der Waals surface area (Å²) in [5.41, 5.74) is 1.68. The molecule has 0 bridgehead atoms. The van der Waals surface area contributed by atoms with Crippen molar-refractivity contribution < 1.29 is 19.1 Å². The van der Waals surface area contributed by atoms with E-state index in [0.717, 1.165) is 5.56 Å². The van der Waals surface area contributed by atoms with Crippen molar-refractivity contribution in [2.45, 2.75) is 6.42 Å². The van der Waals surface area contributed by atoms with Crippen molar-refractivity contribution in [2.75, 3.05) is 12.4 Å². The molecular weight excluding hydrogens is 234 g/mol. The van der Waals surface area contributed by atoms with E-state index in [4.69, 9.17) is 0 Å². The summed E-state index contributed by atoms with van der Waals surface area (Å²) in [4.78, 5) is 33.4. The Bertz CT molecular complexity index is 560. The van der Waals surface area contributed by atoms with Gasteiger partial charge in [0.05, 0.1) is 24.8 Å². The van der Waals surface area contributed by atoms with Crippen LogP contribution in [0.1, 0.15) is 22.3 Å². The van der Waals surface area contributed by atoms with Crippen LogP contribution in [0.4, 0.5) is 5.69 Å². The van der Waals surface area contributed by atoms with E-state index in [-0.39, 0.29) is 12.4 Å². The molecule has 0 atom stereocenters. The topological polar surface area (TPSA) is 72.5 Å². The standard InChI is InChI=1S/C13H11NO4/c1-18-11(15)4-2-3-8-5-6-9-10(7-8)14-13(17)12(9)16/h2-3,5-7H,4H2,1H3,(H,14,16,17). The largest absolute Gasteiger partial charge is 0.469 e. The summed E-state index contributed by atoms with van der Waals surface area (Å²) in [6.45, 7) is 0. The third-order valence-corrected chi connectivity index (χ3v) is 2.57. The minimum absolute atomic E-state index is 0.179. The van der Waals surface area contributed by atoms with Gasteiger partial charge in [-0.05, 0) is 17.7 Å². The highest BCUT2D eigenvalue weighted by Gasteiger charge is 2.27. The van der Waals surface area contributed by atoms with Gasteiger partial charge in [0.25, 0.3) is 11.7 Å². The molecule has 5 heteroatoms. The lowest BCUT2D eigenvalue weighted by Crippen LogP contribution is -2.12. The van der Waals surface area contributed by atoms with Crippen LogP contribution >= 0.6 is 0 Å². The number of hydrogen-bond donors (Lipinski definition) is 1. The fraction of sp³-hybridized carbons (Fsp3) is 0.154. The molecule has 1 heterocycles. The molecule has 1 aliphatic rings. The zero-order valence-electron chi connectivity index (χ0n) is 9.73. The zero-order valence-corrected chi connectivity index (χ0v) is 9.73. The van der Waals surface area contributed by atoms with Crippen LogP contribution in [-0.2, 0) is 14.3 Å². The average molecular weight is 245 g/mol. The van der Waals surface area contributed by atoms with Crippen LogP contribution in [0.15, 0.2) is 24.3 Å². The van der Waals surface area contributed by atoms with Crippen LogP contribution in [0, 0.1) is 0 Å². The van der Waals surface area contributed by atoms with Gasteiger partial charge < -0.3 is 10.1 Å². The Morgan fingerprint density at radius 1 is 1.39 bits per heavy atom. The summed E-state index contributed by atoms with van der Waals surface area (Å²) in [6.07, 6.45) is 3.57. The molecule has 5 nitrogen and oxygen atoms in total. The van der Waals surface area contributed by atoms with Crippen LogP contribution < -0.4 is 5.32 Å². The Morgan fingerprint density at radius 2 is 2.17 bits per heavy atom. The van der Waals surface area contributed by atoms with Gasteiger partial charge in [-0.2, -0.15) is 0 Å². The maximum absolute atomic E-state index is 11.4. The lowest BCUT2D eigenvalue weighted by molar-refractivity contribution is -0.139. The second kappa shape index (κ2) is 4.83. The summed E-state index contributed by atoms with van der Waals surface area (Å²) < 4.78 is 4.50. The number of rotatable bonds is 3. The van der Waals surface area contributed by atoms with E-state index >= 15 is 0 Å². The summed E-state index contributed by atoms with van der Waals surface area (Å²) in [7, 11) is 1.33. The molecule has 1 aromatic rings. The molecule has 0 saturated heterocycles. The number of hydrogen-bond acceptors (Lipinski definition) is 4. The number of carbonyl (C=O) groups excluding carboxylic acids is 3. The lowest BCUT2D eigenvalue weighted by Gasteiger charge is -1.99. The number of esters is 1. The monoisotopic (exact) mass is 245 g/mol. The Morgan fingerprint density at radius 3 is 2.89 bits per heavy atom. The number of fused-ring (bicyclic) bond motifs is 1. The molecule has 2 rings (SSSR count). The van der Waals surface area contributed by atoms with Gasteiger partial charge in [-0.25, -0.2) is 0 Å². The van der Waals surface area contributed by atoms with Crippen molar-refractivity contribution in [1.82, 2.24) is 0 Å². The molecule has 1 aromatic carbocycles. The smallest absolute Gasteiger partial charge is 0.309 e. The maximum Gasteiger partial charge on any atom is 0.309 e. The third-order valence-electron chi connectivity index (χ3n) is 2.57. The van der Waals surface area contributed by atoms with E-state index in [2.05, 4.69) is 10.1 Å². The van der Waals surface area contributed by atoms with E-state index in [1.165, 1.54) is 7.11 Å². The van der Waals surface area contributed by atoms with Crippen molar-refractivity contribution in [3.8, 4) is 0 Å². The molecule has 0 spiro atoms. The summed E-state index contributed by atoms with van der Waals surface area (Å²) in [6, 6.07) is 4.99. The molecule has 0 fully saturated rings. The second-order valence-electron chi connectivity index (χ2n) is 3.77. The normalized spacial score (nSPS) is 13.6. The van der Waals surface area contributed by atoms with Crippen LogP contribution in [0.2, 0.25) is 0 Å². The molecule has 1 amide bonds. The maximum atomic E-state index is 11.4. The molecule has 18 heavy (non-hydrogen) atoms. The van der Waals surface area contributed by atoms with E-state index < -0.39 is 11.7 Å². The zero-order chi connectivity index (χ0) is 13.1. The van der Waals surface area contributed by atoms with Gasteiger partial charge in [0.1, 0.15) is 0 Å². The highest BCUT2D eigenvalue weighted by molar-refractivity contribution is 6.51. The number of benzene rings is 1. The number of ketones is 1. The van der Waals surface area contributed by atoms with Crippen molar-refractivity contribution in [2.24, 2.45) is 0 Å². The highest BCUT2D eigenvalue weighted by Crippen LogP contribution is 2.24. The molecule has 0 aliphatic carbocycles. The molecule has 0 radical (unpaired) electrons. The minimum atomic E-state index is -0.610. The van der Waals surface area contributed by atoms with Crippen molar-refractivity contribution >= 4 is 29.4 Å². The molecule has 0 saturated carbocycles. The number of carbonyl (C=O) groups is 3. The Hall–Kier alpha value is -2.43. The number of ether oxygens (including phenoxy) is 1. The Balaban J connectivity index is 2.14. The molecule has 1 aliphatic heterocycles. The van der Waals surface area contributed by atoms with Crippen LogP contribution in [0.3, 0.4) is 0 Å². The molecular formula is C13H11NO4. The first kappa shape index (κ1) is 12.0. The van der Waals surface area contributed by atoms with Crippen LogP contribution in [0.25, 0.3) is 6.08 Å². The van der Waals surface area contributed by atoms with E-state index in [0.29, 0.717) is 11.3 Å². The molecule has 1 N–H and O–H groups in total. The van der Waals surface area contributed by atoms with Crippen molar-refractivity contribution in [3.05, 3.63) is 35.4 Å². The Labute approximate surface area is 103 Å². The second-order valence-corrected chi connectivity index (χ2v) is 3.77. The van der Waals surface area contributed by atoms with E-state index in [9.17, 15) is 14.4 Å². The van der Waals surface area contributed by atoms with Gasteiger partial charge in [-0.1, -0.05) is 18.2 Å². The van der Waals surface area contributed by atoms with E-state index in [1.54, 1.807) is 30.4 Å². The predicted molar refractivity (Wildman–Crippen MR) is 65.1 cm³/mol. The number of Topliss-reactive ketones (excluding diaryl/α,β-unsaturated/α-hetero) is 1. The summed E-state index contributed by atoms with van der Waals surface area (Å²) in [5.74, 6) is -1.45. The van der Waals surface area contributed by atoms with Crippen LogP contribution in [-0.4, -0.2) is 24.8 Å². The van der Waals surface area contributed by atoms with Gasteiger partial charge in [0.2, 0.25) is 0 Å². The quantitative estimate of drug-likeness (QED) is 0.645. The number of nitrogens with one attached hydrogen (secondary N) is 1. The van der Waals surface area contributed by atoms with Gasteiger partial charge in [0.15, 0.2) is 0 Å². The predicted octanol–water partition coefficient (Wildman–Crippen LogP) is 1.40. The van der Waals surface area contributed by atoms with Crippen LogP contribution in [0.5, 0.6) is 0 Å². The summed E-state index contributed by atoms with van der Waals surface area (Å²) in [5, 5.41) is 2.48. The first-order valence-electron chi connectivity index (χ1n) is 5.35. The number of anilines is 1. The number of methoxy groups -OCH3 is 1. The average Bonchev–Trinajstić information content (AvgIpc) is 2.64. The Kier molecular flexibility index (Phi) is 3.23. The fourth-order valence-corrected chi connectivity index (χ4v) is 1.64. The fourth-order valence-electron chi connectivity index (χ4n) is 1.64. The third kappa shape index (κ3) is 2.29. The van der Waals surface area contributed by atoms with E-state index in [1.807, 2.05) is 0 Å². The number of amides is 1. The first-order valence-corrected chi connectivity index (χ1v) is 5.35. The minimum Gasteiger partial charge on any atom is -0.469 e. The lowest BCUT2D eigenvalue weighted by atomic mass is 10.1. The highest BCUT2D eigenvalue weighted by atomic mass is 16.5. The first-order chi connectivity index (χ1) is 8.61. The molecule has 92 valence electrons. The van der Waals surface area contributed by atoms with Gasteiger partial charge in [0, 0.05) is 0 Å². The summed E-state index contributed by atoms with van der Waals surface area (Å²) >= 11 is 0. The van der Waals surface area contributed by atoms with Gasteiger partial charge in [-0.3, -0.25) is 14.4 Å². The van der Waals surface area contributed by atoms with Crippen molar-refractivity contribution in [1.29, 1.82) is 0 Å². The molecule has 0 unspecified atom stereocenters. The molecule has 0 aromatic heterocycles.